The summed E-state index contributed by atoms with van der Waals surface area (Å²) in [6, 6.07) is 0. The maximum absolute atomic E-state index is 4.43. The van der Waals surface area contributed by atoms with Crippen LogP contribution in [0.3, 0.4) is 0 Å². The van der Waals surface area contributed by atoms with Crippen LogP contribution in [-0.4, -0.2) is 40.3 Å². The molecule has 0 spiro atoms. The molecule has 0 aromatic carbocycles. The number of alkyl halides is 1. The zero-order valence-corrected chi connectivity index (χ0v) is 10.1. The van der Waals surface area contributed by atoms with Crippen molar-refractivity contribution in [2.45, 2.75) is 4.83 Å². The fourth-order valence-electron chi connectivity index (χ4n) is 1.22. The molecule has 1 unspecified atom stereocenters. The third-order valence-electron chi connectivity index (χ3n) is 1.71. The molecule has 0 aromatic rings. The smallest absolute Gasteiger partial charge is 0.159 e. The Hall–Kier alpha value is 0.780. The fraction of sp³-hybridized carbons (Fsp3) is 0.833. The van der Waals surface area contributed by atoms with Gasteiger partial charge in [-0.3, -0.25) is 4.99 Å². The van der Waals surface area contributed by atoms with Gasteiger partial charge in [-0.05, 0) is 0 Å². The van der Waals surface area contributed by atoms with E-state index in [0.29, 0.717) is 4.83 Å². The summed E-state index contributed by atoms with van der Waals surface area (Å²) in [5, 5.41) is 1.26. The molecule has 0 aliphatic carbocycles. The number of hydrogen-bond acceptors (Lipinski definition) is 3. The summed E-state index contributed by atoms with van der Waals surface area (Å²) in [5.41, 5.74) is 0. The van der Waals surface area contributed by atoms with E-state index in [4.69, 9.17) is 0 Å². The number of fused-ring (bicyclic) bond motifs is 1. The van der Waals surface area contributed by atoms with Crippen molar-refractivity contribution < 1.29 is 0 Å². The average molecular weight is 302 g/mol. The van der Waals surface area contributed by atoms with Crippen LogP contribution in [0.15, 0.2) is 4.99 Å². The Kier molecular flexibility index (Phi) is 3.71. The molecular formula is C6H10Br2N2S. The van der Waals surface area contributed by atoms with E-state index in [0.717, 1.165) is 13.1 Å². The first-order valence-corrected chi connectivity index (χ1v) is 5.32. The zero-order chi connectivity index (χ0) is 6.97. The highest BCUT2D eigenvalue weighted by Gasteiger charge is 2.24. The van der Waals surface area contributed by atoms with Gasteiger partial charge in [0.15, 0.2) is 5.17 Å². The number of rotatable bonds is 0. The Morgan fingerprint density at radius 2 is 2.45 bits per heavy atom. The number of hydrogen-bond donors (Lipinski definition) is 0. The quantitative estimate of drug-likeness (QED) is 0.634. The van der Waals surface area contributed by atoms with Crippen LogP contribution in [0.5, 0.6) is 0 Å². The van der Waals surface area contributed by atoms with E-state index in [2.05, 4.69) is 25.8 Å². The van der Waals surface area contributed by atoms with E-state index in [1.165, 1.54) is 17.5 Å². The summed E-state index contributed by atoms with van der Waals surface area (Å²) in [6.07, 6.45) is 0. The molecule has 2 heterocycles. The maximum Gasteiger partial charge on any atom is 0.159 e. The Morgan fingerprint density at radius 3 is 3.27 bits per heavy atom. The molecule has 1 saturated heterocycles. The van der Waals surface area contributed by atoms with Crippen LogP contribution in [0.1, 0.15) is 0 Å². The van der Waals surface area contributed by atoms with Crippen molar-refractivity contribution in [3.05, 3.63) is 0 Å². The summed E-state index contributed by atoms with van der Waals surface area (Å²) in [6.45, 7) is 3.29. The molecule has 0 amide bonds. The Bertz CT molecular complexity index is 174. The SMILES string of the molecule is Br.BrC1CN=C2SCCN2C1. The maximum atomic E-state index is 4.43. The van der Waals surface area contributed by atoms with Gasteiger partial charge in [0.1, 0.15) is 0 Å². The van der Waals surface area contributed by atoms with Crippen molar-refractivity contribution in [2.75, 3.05) is 25.4 Å². The average Bonchev–Trinajstić information content (AvgIpc) is 2.33. The van der Waals surface area contributed by atoms with Gasteiger partial charge >= 0.3 is 0 Å². The number of thioether (sulfide) groups is 1. The van der Waals surface area contributed by atoms with Crippen LogP contribution in [0, 0.1) is 0 Å². The lowest BCUT2D eigenvalue weighted by Crippen LogP contribution is -2.36. The summed E-state index contributed by atoms with van der Waals surface area (Å²) >= 11 is 5.45. The molecule has 1 atom stereocenters. The van der Waals surface area contributed by atoms with E-state index in [1.807, 2.05) is 11.8 Å². The van der Waals surface area contributed by atoms with E-state index in [1.54, 1.807) is 0 Å². The van der Waals surface area contributed by atoms with E-state index >= 15 is 0 Å². The molecule has 2 aliphatic rings. The largest absolute Gasteiger partial charge is 0.349 e. The monoisotopic (exact) mass is 300 g/mol. The highest BCUT2D eigenvalue weighted by Crippen LogP contribution is 2.23. The lowest BCUT2D eigenvalue weighted by Gasteiger charge is -2.24. The molecule has 2 rings (SSSR count). The second kappa shape index (κ2) is 4.14. The van der Waals surface area contributed by atoms with Gasteiger partial charge < -0.3 is 4.90 Å². The second-order valence-corrected chi connectivity index (χ2v) is 4.87. The van der Waals surface area contributed by atoms with Crippen LogP contribution >= 0.6 is 44.7 Å². The predicted molar refractivity (Wildman–Crippen MR) is 59.4 cm³/mol. The Morgan fingerprint density at radius 1 is 1.64 bits per heavy atom. The summed E-state index contributed by atoms with van der Waals surface area (Å²) < 4.78 is 0. The molecule has 64 valence electrons. The second-order valence-electron chi connectivity index (χ2n) is 2.52. The third kappa shape index (κ3) is 2.12. The fourth-order valence-corrected chi connectivity index (χ4v) is 2.73. The molecule has 0 radical (unpaired) electrons. The normalized spacial score (nSPS) is 29.0. The van der Waals surface area contributed by atoms with Crippen molar-refractivity contribution in [3.8, 4) is 0 Å². The number of amidine groups is 1. The standard InChI is InChI=1S/C6H9BrN2S.BrH/c7-5-3-8-6-9(4-5)1-2-10-6;/h5H,1-4H2;1H. The van der Waals surface area contributed by atoms with Crippen LogP contribution in [0.4, 0.5) is 0 Å². The Balaban J connectivity index is 0.000000605. The van der Waals surface area contributed by atoms with Crippen LogP contribution in [-0.2, 0) is 0 Å². The minimum absolute atomic E-state index is 0. The van der Waals surface area contributed by atoms with Gasteiger partial charge in [-0.2, -0.15) is 0 Å². The minimum Gasteiger partial charge on any atom is -0.349 e. The van der Waals surface area contributed by atoms with E-state index in [9.17, 15) is 0 Å². The van der Waals surface area contributed by atoms with Crippen LogP contribution in [0.25, 0.3) is 0 Å². The summed E-state index contributed by atoms with van der Waals surface area (Å²) in [4.78, 5) is 7.36. The van der Waals surface area contributed by atoms with Gasteiger partial charge in [0.05, 0.1) is 11.4 Å². The highest BCUT2D eigenvalue weighted by atomic mass is 79.9. The molecule has 11 heavy (non-hydrogen) atoms. The molecule has 0 aromatic heterocycles. The molecular weight excluding hydrogens is 292 g/mol. The van der Waals surface area contributed by atoms with Crippen LogP contribution in [0.2, 0.25) is 0 Å². The lowest BCUT2D eigenvalue weighted by molar-refractivity contribution is 0.443. The summed E-state index contributed by atoms with van der Waals surface area (Å²) in [5.74, 6) is 1.22. The minimum atomic E-state index is 0. The molecule has 0 saturated carbocycles. The van der Waals surface area contributed by atoms with Gasteiger partial charge in [0.2, 0.25) is 0 Å². The first kappa shape index (κ1) is 9.86. The van der Waals surface area contributed by atoms with Crippen LogP contribution < -0.4 is 0 Å². The lowest BCUT2D eigenvalue weighted by atomic mass is 10.3. The molecule has 5 heteroatoms. The van der Waals surface area contributed by atoms with Gasteiger partial charge in [0.25, 0.3) is 0 Å². The van der Waals surface area contributed by atoms with Gasteiger partial charge in [-0.15, -0.1) is 17.0 Å². The summed E-state index contributed by atoms with van der Waals surface area (Å²) in [7, 11) is 0. The topological polar surface area (TPSA) is 15.6 Å². The van der Waals surface area contributed by atoms with E-state index < -0.39 is 0 Å². The first-order chi connectivity index (χ1) is 4.86. The van der Waals surface area contributed by atoms with Crippen molar-refractivity contribution >= 4 is 49.8 Å². The molecule has 0 bridgehead atoms. The van der Waals surface area contributed by atoms with Crippen molar-refractivity contribution in [2.24, 2.45) is 4.99 Å². The number of halogens is 2. The molecule has 0 N–H and O–H groups in total. The first-order valence-electron chi connectivity index (χ1n) is 3.42. The number of aliphatic imine (C=N–C) groups is 1. The predicted octanol–water partition coefficient (Wildman–Crippen LogP) is 1.75. The number of nitrogens with zero attached hydrogens (tertiary/aromatic N) is 2. The van der Waals surface area contributed by atoms with Gasteiger partial charge in [-0.25, -0.2) is 0 Å². The van der Waals surface area contributed by atoms with Crippen molar-refractivity contribution in [1.29, 1.82) is 0 Å². The van der Waals surface area contributed by atoms with Crippen molar-refractivity contribution in [1.82, 2.24) is 4.90 Å². The van der Waals surface area contributed by atoms with Gasteiger partial charge in [-0.1, -0.05) is 27.7 Å². The van der Waals surface area contributed by atoms with E-state index in [-0.39, 0.29) is 17.0 Å². The highest BCUT2D eigenvalue weighted by molar-refractivity contribution is 9.09. The third-order valence-corrected chi connectivity index (χ3v) is 3.32. The zero-order valence-electron chi connectivity index (χ0n) is 5.99. The Labute approximate surface area is 89.7 Å². The van der Waals surface area contributed by atoms with Gasteiger partial charge in [0, 0.05) is 18.8 Å². The molecule has 1 fully saturated rings. The molecule has 2 aliphatic heterocycles. The molecule has 2 nitrogen and oxygen atoms in total. The van der Waals surface area contributed by atoms with Crippen molar-refractivity contribution in [3.63, 3.8) is 0 Å².